The van der Waals surface area contributed by atoms with E-state index in [2.05, 4.69) is 29.2 Å². The summed E-state index contributed by atoms with van der Waals surface area (Å²) in [6, 6.07) is 18.2. The molecule has 4 aromatic rings. The van der Waals surface area contributed by atoms with Crippen molar-refractivity contribution in [3.63, 3.8) is 0 Å². The van der Waals surface area contributed by atoms with Crippen LogP contribution in [0.3, 0.4) is 0 Å². The van der Waals surface area contributed by atoms with Crippen molar-refractivity contribution in [2.45, 2.75) is 50.6 Å². The Morgan fingerprint density at radius 2 is 1.63 bits per heavy atom. The molecule has 5 heteroatoms. The molecule has 5 nitrogen and oxygen atoms in total. The van der Waals surface area contributed by atoms with Gasteiger partial charge in [0.25, 0.3) is 0 Å². The van der Waals surface area contributed by atoms with Crippen LogP contribution in [0.2, 0.25) is 0 Å². The van der Waals surface area contributed by atoms with Crippen LogP contribution < -0.4 is 5.69 Å². The Balaban J connectivity index is 1.62. The summed E-state index contributed by atoms with van der Waals surface area (Å²) in [5, 5.41) is 12.4. The molecule has 2 aromatic heterocycles. The standard InChI is InChI=1S/C25H25N3O2/c29-24-21-15-19-18-13-7-8-14-20(18)26-22(19)23(16-9-3-1-4-10-16)28(21)25(30)27(24)17-11-5-2-6-12-17/h1,3-4,7-10,13-14,17,23,26,29H,2,5-6,11-12,15H2/t23-/m0/s1. The van der Waals surface area contributed by atoms with Crippen molar-refractivity contribution in [3.8, 4) is 5.88 Å². The first-order valence-corrected chi connectivity index (χ1v) is 10.9. The maximum atomic E-state index is 13.7. The van der Waals surface area contributed by atoms with Crippen molar-refractivity contribution in [2.75, 3.05) is 0 Å². The van der Waals surface area contributed by atoms with Gasteiger partial charge in [-0.3, -0.25) is 9.13 Å². The van der Waals surface area contributed by atoms with Crippen molar-refractivity contribution in [3.05, 3.63) is 87.6 Å². The zero-order valence-electron chi connectivity index (χ0n) is 16.8. The molecule has 6 rings (SSSR count). The van der Waals surface area contributed by atoms with E-state index in [0.717, 1.165) is 53.5 Å². The summed E-state index contributed by atoms with van der Waals surface area (Å²) in [7, 11) is 0. The fraction of sp³-hybridized carbons (Fsp3) is 0.320. The number of nitrogens with one attached hydrogen (secondary N) is 1. The normalized spacial score (nSPS) is 19.0. The highest BCUT2D eigenvalue weighted by atomic mass is 16.3. The minimum Gasteiger partial charge on any atom is -0.493 e. The average Bonchev–Trinajstić information content (AvgIpc) is 3.28. The number of hydrogen-bond donors (Lipinski definition) is 2. The molecule has 0 radical (unpaired) electrons. The zero-order chi connectivity index (χ0) is 20.2. The summed E-state index contributed by atoms with van der Waals surface area (Å²) in [6.07, 6.45) is 5.92. The SMILES string of the molecule is O=c1n(C2CCCCC2)c(O)c2n1[C@@H](c1ccccc1)c1[nH]c3ccccc3c1C2. The van der Waals surface area contributed by atoms with Crippen LogP contribution in [0.1, 0.15) is 66.7 Å². The highest BCUT2D eigenvalue weighted by Crippen LogP contribution is 2.42. The molecule has 0 bridgehead atoms. The van der Waals surface area contributed by atoms with E-state index >= 15 is 0 Å². The van der Waals surface area contributed by atoms with E-state index in [1.54, 1.807) is 4.57 Å². The number of rotatable bonds is 2. The first-order valence-electron chi connectivity index (χ1n) is 10.9. The minimum atomic E-state index is -0.263. The fourth-order valence-electron chi connectivity index (χ4n) is 5.56. The Kier molecular flexibility index (Phi) is 3.91. The van der Waals surface area contributed by atoms with Gasteiger partial charge in [0.05, 0.1) is 5.69 Å². The molecule has 1 aliphatic carbocycles. The van der Waals surface area contributed by atoms with E-state index < -0.39 is 0 Å². The summed E-state index contributed by atoms with van der Waals surface area (Å²) in [6.45, 7) is 0. The van der Waals surface area contributed by atoms with Crippen LogP contribution in [-0.4, -0.2) is 19.2 Å². The Morgan fingerprint density at radius 3 is 2.43 bits per heavy atom. The monoisotopic (exact) mass is 399 g/mol. The van der Waals surface area contributed by atoms with E-state index in [1.165, 1.54) is 12.0 Å². The molecule has 3 heterocycles. The number of aromatic hydroxyl groups is 1. The number of imidazole rings is 1. The third-order valence-corrected chi connectivity index (χ3v) is 6.97. The summed E-state index contributed by atoms with van der Waals surface area (Å²) in [5.41, 5.74) is 4.99. The number of fused-ring (bicyclic) bond motifs is 4. The second-order valence-electron chi connectivity index (χ2n) is 8.64. The van der Waals surface area contributed by atoms with Gasteiger partial charge in [0.15, 0.2) is 0 Å². The largest absolute Gasteiger partial charge is 0.493 e. The summed E-state index contributed by atoms with van der Waals surface area (Å²) in [5.74, 6) is 0.156. The van der Waals surface area contributed by atoms with Gasteiger partial charge in [-0.05, 0) is 30.0 Å². The van der Waals surface area contributed by atoms with Gasteiger partial charge in [-0.2, -0.15) is 0 Å². The third-order valence-electron chi connectivity index (χ3n) is 6.97. The van der Waals surface area contributed by atoms with Gasteiger partial charge in [-0.25, -0.2) is 4.79 Å². The van der Waals surface area contributed by atoms with E-state index in [0.29, 0.717) is 6.42 Å². The topological polar surface area (TPSA) is 63.0 Å². The number of aromatic amines is 1. The highest BCUT2D eigenvalue weighted by molar-refractivity contribution is 5.86. The molecule has 2 aromatic carbocycles. The van der Waals surface area contributed by atoms with Crippen LogP contribution in [0, 0.1) is 0 Å². The molecule has 0 unspecified atom stereocenters. The smallest absolute Gasteiger partial charge is 0.332 e. The van der Waals surface area contributed by atoms with Gasteiger partial charge < -0.3 is 10.1 Å². The molecule has 1 aliphatic heterocycles. The molecule has 0 amide bonds. The molecule has 152 valence electrons. The van der Waals surface area contributed by atoms with Crippen molar-refractivity contribution in [1.29, 1.82) is 0 Å². The van der Waals surface area contributed by atoms with Crippen LogP contribution >= 0.6 is 0 Å². The minimum absolute atomic E-state index is 0.0902. The van der Waals surface area contributed by atoms with Gasteiger partial charge in [-0.15, -0.1) is 0 Å². The Labute approximate surface area is 174 Å². The second-order valence-corrected chi connectivity index (χ2v) is 8.64. The van der Waals surface area contributed by atoms with Crippen molar-refractivity contribution >= 4 is 10.9 Å². The van der Waals surface area contributed by atoms with E-state index in [4.69, 9.17) is 0 Å². The van der Waals surface area contributed by atoms with E-state index in [-0.39, 0.29) is 23.7 Å². The second kappa shape index (κ2) is 6.66. The van der Waals surface area contributed by atoms with Crippen LogP contribution in [-0.2, 0) is 6.42 Å². The molecule has 1 atom stereocenters. The van der Waals surface area contributed by atoms with Crippen molar-refractivity contribution < 1.29 is 5.11 Å². The average molecular weight is 399 g/mol. The lowest BCUT2D eigenvalue weighted by Crippen LogP contribution is -2.34. The molecule has 1 saturated carbocycles. The maximum absolute atomic E-state index is 13.7. The molecule has 30 heavy (non-hydrogen) atoms. The molecular formula is C25H25N3O2. The van der Waals surface area contributed by atoms with E-state index in [9.17, 15) is 9.90 Å². The van der Waals surface area contributed by atoms with Gasteiger partial charge in [0.1, 0.15) is 6.04 Å². The lowest BCUT2D eigenvalue weighted by Gasteiger charge is -2.26. The van der Waals surface area contributed by atoms with Crippen molar-refractivity contribution in [2.24, 2.45) is 0 Å². The Morgan fingerprint density at radius 1 is 0.900 bits per heavy atom. The molecule has 0 saturated heterocycles. The van der Waals surface area contributed by atoms with Gasteiger partial charge in [-0.1, -0.05) is 67.8 Å². The Bertz CT molecular complexity index is 1290. The van der Waals surface area contributed by atoms with Crippen molar-refractivity contribution in [1.82, 2.24) is 14.1 Å². The van der Waals surface area contributed by atoms with Gasteiger partial charge in [0.2, 0.25) is 5.88 Å². The lowest BCUT2D eigenvalue weighted by atomic mass is 9.93. The molecule has 2 N–H and O–H groups in total. The van der Waals surface area contributed by atoms with E-state index in [1.807, 2.05) is 34.9 Å². The maximum Gasteiger partial charge on any atom is 0.332 e. The predicted molar refractivity (Wildman–Crippen MR) is 117 cm³/mol. The molecule has 1 fully saturated rings. The van der Waals surface area contributed by atoms with Crippen LogP contribution in [0.4, 0.5) is 0 Å². The number of aromatic nitrogens is 3. The number of benzene rings is 2. The molecule has 0 spiro atoms. The van der Waals surface area contributed by atoms with Gasteiger partial charge in [0, 0.05) is 29.1 Å². The Hall–Kier alpha value is -3.21. The molecule has 2 aliphatic rings. The lowest BCUT2D eigenvalue weighted by molar-refractivity contribution is 0.306. The number of hydrogen-bond acceptors (Lipinski definition) is 2. The quantitative estimate of drug-likeness (QED) is 0.444. The molecular weight excluding hydrogens is 374 g/mol. The first-order chi connectivity index (χ1) is 14.7. The van der Waals surface area contributed by atoms with Crippen LogP contribution in [0.25, 0.3) is 10.9 Å². The van der Waals surface area contributed by atoms with Crippen LogP contribution in [0.15, 0.2) is 59.4 Å². The summed E-state index contributed by atoms with van der Waals surface area (Å²) >= 11 is 0. The fourth-order valence-corrected chi connectivity index (χ4v) is 5.56. The predicted octanol–water partition coefficient (Wildman–Crippen LogP) is 4.88. The number of nitrogens with zero attached hydrogens (tertiary/aromatic N) is 2. The summed E-state index contributed by atoms with van der Waals surface area (Å²) in [4.78, 5) is 17.3. The third kappa shape index (κ3) is 2.44. The first kappa shape index (κ1) is 17.6. The zero-order valence-corrected chi connectivity index (χ0v) is 16.8. The highest BCUT2D eigenvalue weighted by Gasteiger charge is 2.36. The summed E-state index contributed by atoms with van der Waals surface area (Å²) < 4.78 is 3.51. The number of para-hydroxylation sites is 1. The number of H-pyrrole nitrogens is 1. The van der Waals surface area contributed by atoms with Gasteiger partial charge >= 0.3 is 5.69 Å². The van der Waals surface area contributed by atoms with Crippen LogP contribution in [0.5, 0.6) is 5.88 Å².